The number of carbonyl (C=O) groups excluding carboxylic acids is 3. The number of alkyl halides is 2. The molecule has 6 atom stereocenters. The van der Waals surface area contributed by atoms with E-state index in [1.807, 2.05) is 6.92 Å². The number of amides is 2. The molecule has 11 nitrogen and oxygen atoms in total. The Morgan fingerprint density at radius 2 is 1.91 bits per heavy atom. The van der Waals surface area contributed by atoms with Crippen LogP contribution in [-0.4, -0.2) is 89.2 Å². The Balaban J connectivity index is 1.40. The number of methoxy groups -OCH3 is 1. The number of hydrogen-bond acceptors (Lipinski definition) is 9. The molecule has 0 unspecified atom stereocenters. The summed E-state index contributed by atoms with van der Waals surface area (Å²) >= 11 is 0. The predicted octanol–water partition coefficient (Wildman–Crippen LogP) is 4.09. The van der Waals surface area contributed by atoms with Crippen molar-refractivity contribution in [2.45, 2.75) is 89.5 Å². The van der Waals surface area contributed by atoms with E-state index in [4.69, 9.17) is 18.9 Å². The number of aromatic nitrogens is 2. The maximum Gasteiger partial charge on any atom is 0.408 e. The Kier molecular flexibility index (Phi) is 7.90. The van der Waals surface area contributed by atoms with Crippen LogP contribution in [0.3, 0.4) is 0 Å². The highest BCUT2D eigenvalue weighted by atomic mass is 19.3. The number of Topliss-reactive ketones (excluding diaryl/α,β-unsaturated/α-hetero) is 1. The summed E-state index contributed by atoms with van der Waals surface area (Å²) in [5, 5.41) is 2.77. The highest BCUT2D eigenvalue weighted by Gasteiger charge is 2.56. The van der Waals surface area contributed by atoms with Gasteiger partial charge < -0.3 is 29.2 Å². The lowest BCUT2D eigenvalue weighted by Gasteiger charge is -2.45. The number of halogens is 2. The third-order valence-electron chi connectivity index (χ3n) is 9.94. The van der Waals surface area contributed by atoms with Crippen LogP contribution in [0.4, 0.5) is 13.6 Å². The number of fused-ring (bicyclic) bond motifs is 5. The fourth-order valence-electron chi connectivity index (χ4n) is 7.01. The fourth-order valence-corrected chi connectivity index (χ4v) is 7.01. The first-order chi connectivity index (χ1) is 21.2. The molecule has 6 rings (SSSR count). The summed E-state index contributed by atoms with van der Waals surface area (Å²) in [6, 6.07) is 3.08. The number of alkyl carbamates (subject to hydrolysis) is 1. The largest absolute Gasteiger partial charge is 0.497 e. The van der Waals surface area contributed by atoms with Crippen molar-refractivity contribution in [3.8, 4) is 11.6 Å². The van der Waals surface area contributed by atoms with Crippen molar-refractivity contribution in [1.29, 1.82) is 0 Å². The average molecular weight is 631 g/mol. The minimum atomic E-state index is -3.11. The van der Waals surface area contributed by atoms with E-state index in [-0.39, 0.29) is 55.9 Å². The summed E-state index contributed by atoms with van der Waals surface area (Å²) in [6.45, 7) is 7.25. The average Bonchev–Trinajstić information content (AvgIpc) is 3.46. The molecule has 2 amide bonds. The van der Waals surface area contributed by atoms with Crippen LogP contribution in [0.1, 0.15) is 59.1 Å². The number of ketones is 1. The first kappa shape index (κ1) is 31.4. The SMILES string of the molecule is COc1ccc2nc3c(nc2c1)O[C@H]1CN(C(=O)[C@H](C2(C)COC2)NC(=O)O[C@]2(C)C[C@H]2CCCC(F)(F)C3)[C@H](C(C)=O)[C@@H]1C. The summed E-state index contributed by atoms with van der Waals surface area (Å²) in [6.07, 6.45) is -1.40. The lowest BCUT2D eigenvalue weighted by atomic mass is 9.79. The van der Waals surface area contributed by atoms with Crippen LogP contribution in [0.2, 0.25) is 0 Å². The van der Waals surface area contributed by atoms with E-state index in [2.05, 4.69) is 15.3 Å². The van der Waals surface area contributed by atoms with E-state index < -0.39 is 59.5 Å². The smallest absolute Gasteiger partial charge is 0.408 e. The monoisotopic (exact) mass is 630 g/mol. The van der Waals surface area contributed by atoms with E-state index in [9.17, 15) is 14.4 Å². The molecular formula is C32H40F2N4O7. The maximum atomic E-state index is 15.5. The van der Waals surface area contributed by atoms with Crippen LogP contribution in [-0.2, 0) is 25.5 Å². The molecule has 1 saturated carbocycles. The summed E-state index contributed by atoms with van der Waals surface area (Å²) in [4.78, 5) is 51.0. The summed E-state index contributed by atoms with van der Waals surface area (Å²) in [5.74, 6) is -3.99. The third kappa shape index (κ3) is 6.03. The molecule has 1 aliphatic carbocycles. The molecule has 0 spiro atoms. The van der Waals surface area contributed by atoms with Crippen molar-refractivity contribution in [3.63, 3.8) is 0 Å². The van der Waals surface area contributed by atoms with E-state index >= 15 is 8.78 Å². The second-order valence-corrected chi connectivity index (χ2v) is 13.6. The number of benzene rings is 1. The molecule has 2 aromatic rings. The van der Waals surface area contributed by atoms with Gasteiger partial charge in [0.05, 0.1) is 50.4 Å². The highest BCUT2D eigenvalue weighted by Crippen LogP contribution is 2.50. The summed E-state index contributed by atoms with van der Waals surface area (Å²) in [5.41, 5.74) is -0.718. The Morgan fingerprint density at radius 1 is 1.16 bits per heavy atom. The number of ether oxygens (including phenoxy) is 4. The molecule has 1 N–H and O–H groups in total. The van der Waals surface area contributed by atoms with Crippen LogP contribution in [0.15, 0.2) is 18.2 Å². The van der Waals surface area contributed by atoms with Gasteiger partial charge in [-0.15, -0.1) is 0 Å². The Morgan fingerprint density at radius 3 is 2.58 bits per heavy atom. The minimum absolute atomic E-state index is 0.000930. The summed E-state index contributed by atoms with van der Waals surface area (Å²) in [7, 11) is 1.51. The van der Waals surface area contributed by atoms with Gasteiger partial charge in [0.1, 0.15) is 29.2 Å². The molecule has 4 heterocycles. The number of nitrogens with zero attached hydrogens (tertiary/aromatic N) is 3. The second-order valence-electron chi connectivity index (χ2n) is 13.6. The first-order valence-electron chi connectivity index (χ1n) is 15.5. The molecule has 3 fully saturated rings. The van der Waals surface area contributed by atoms with Crippen molar-refractivity contribution in [1.82, 2.24) is 20.2 Å². The zero-order valence-corrected chi connectivity index (χ0v) is 26.2. The van der Waals surface area contributed by atoms with Crippen molar-refractivity contribution in [3.05, 3.63) is 23.9 Å². The van der Waals surface area contributed by atoms with Crippen LogP contribution in [0.5, 0.6) is 11.6 Å². The third-order valence-corrected chi connectivity index (χ3v) is 9.94. The van der Waals surface area contributed by atoms with E-state index in [1.165, 1.54) is 18.9 Å². The molecule has 4 aliphatic rings. The number of nitrogens with one attached hydrogen (secondary N) is 1. The Hall–Kier alpha value is -3.61. The molecule has 0 radical (unpaired) electrons. The van der Waals surface area contributed by atoms with Gasteiger partial charge in [-0.05, 0) is 45.2 Å². The zero-order chi connectivity index (χ0) is 32.3. The predicted molar refractivity (Wildman–Crippen MR) is 157 cm³/mol. The summed E-state index contributed by atoms with van der Waals surface area (Å²) < 4.78 is 53.8. The van der Waals surface area contributed by atoms with Gasteiger partial charge in [0.2, 0.25) is 11.8 Å². The van der Waals surface area contributed by atoms with Gasteiger partial charge >= 0.3 is 6.09 Å². The van der Waals surface area contributed by atoms with Gasteiger partial charge in [0.25, 0.3) is 5.92 Å². The maximum absolute atomic E-state index is 15.5. The minimum Gasteiger partial charge on any atom is -0.497 e. The fraction of sp³-hybridized carbons (Fsp3) is 0.656. The van der Waals surface area contributed by atoms with Gasteiger partial charge in [-0.2, -0.15) is 0 Å². The molecule has 13 heteroatoms. The topological polar surface area (TPSA) is 129 Å². The van der Waals surface area contributed by atoms with Gasteiger partial charge in [0, 0.05) is 29.7 Å². The van der Waals surface area contributed by atoms with Gasteiger partial charge in [-0.25, -0.2) is 23.5 Å². The van der Waals surface area contributed by atoms with Crippen LogP contribution in [0, 0.1) is 17.3 Å². The van der Waals surface area contributed by atoms with Crippen molar-refractivity contribution < 1.29 is 42.1 Å². The van der Waals surface area contributed by atoms with Gasteiger partial charge in [-0.3, -0.25) is 9.59 Å². The number of hydrogen-bond donors (Lipinski definition) is 1. The van der Waals surface area contributed by atoms with Crippen molar-refractivity contribution in [2.24, 2.45) is 17.3 Å². The molecule has 2 bridgehead atoms. The van der Waals surface area contributed by atoms with Crippen molar-refractivity contribution >= 4 is 28.8 Å². The van der Waals surface area contributed by atoms with E-state index in [0.29, 0.717) is 29.6 Å². The number of rotatable bonds is 3. The molecule has 45 heavy (non-hydrogen) atoms. The zero-order valence-electron chi connectivity index (χ0n) is 26.2. The van der Waals surface area contributed by atoms with E-state index in [0.717, 1.165) is 0 Å². The highest BCUT2D eigenvalue weighted by molar-refractivity contribution is 5.93. The molecule has 244 valence electrons. The molecule has 1 aromatic carbocycles. The standard InChI is InChI=1S/C32H40F2N4O7/c1-17-24-14-38(25(17)18(2)39)28(40)26(30(3)15-43-16-30)37-29(41)45-31(4)12-19(31)7-6-10-32(33,34)13-23-27(44-24)36-22-11-20(42-5)8-9-21(22)35-23/h8-9,11,17,19,24-26H,6-7,10,12-16H2,1-5H3,(H,37,41)/t17-,19-,24+,25+,26-,31-/m1/s1. The normalized spacial score (nSPS) is 32.9. The molecule has 3 aliphatic heterocycles. The Bertz CT molecular complexity index is 1520. The van der Waals surface area contributed by atoms with Crippen LogP contribution < -0.4 is 14.8 Å². The first-order valence-corrected chi connectivity index (χ1v) is 15.5. The Labute approximate surface area is 260 Å². The molecule has 1 aromatic heterocycles. The second kappa shape index (κ2) is 11.3. The van der Waals surface area contributed by atoms with Gasteiger partial charge in [0.15, 0.2) is 5.78 Å². The van der Waals surface area contributed by atoms with Crippen LogP contribution in [0.25, 0.3) is 11.0 Å². The van der Waals surface area contributed by atoms with Crippen molar-refractivity contribution in [2.75, 3.05) is 26.9 Å². The quantitative estimate of drug-likeness (QED) is 0.533. The number of carbonyl (C=O) groups is 3. The van der Waals surface area contributed by atoms with E-state index in [1.54, 1.807) is 32.0 Å². The molecular weight excluding hydrogens is 590 g/mol. The lowest BCUT2D eigenvalue weighted by molar-refractivity contribution is -0.158. The molecule has 2 saturated heterocycles. The van der Waals surface area contributed by atoms with Crippen LogP contribution >= 0.6 is 0 Å². The van der Waals surface area contributed by atoms with Gasteiger partial charge in [-0.1, -0.05) is 13.8 Å². The lowest BCUT2D eigenvalue weighted by Crippen LogP contribution is -2.64.